The van der Waals surface area contributed by atoms with Gasteiger partial charge in [0.2, 0.25) is 5.91 Å². The average Bonchev–Trinajstić information content (AvgIpc) is 3.46. The van der Waals surface area contributed by atoms with Crippen LogP contribution in [0.2, 0.25) is 0 Å². The molecule has 2 aromatic rings. The Balaban J connectivity index is 1.57. The van der Waals surface area contributed by atoms with Gasteiger partial charge in [-0.15, -0.1) is 11.3 Å². The molecule has 2 aliphatic rings. The summed E-state index contributed by atoms with van der Waals surface area (Å²) in [7, 11) is 1.55. The number of anilines is 1. The molecule has 2 amide bonds. The predicted octanol–water partition coefficient (Wildman–Crippen LogP) is 3.52. The first-order chi connectivity index (χ1) is 19.2. The number of benzene rings is 1. The Bertz CT molecular complexity index is 1350. The van der Waals surface area contributed by atoms with Gasteiger partial charge < -0.3 is 34.5 Å². The third-order valence-corrected chi connectivity index (χ3v) is 7.45. The predicted molar refractivity (Wildman–Crippen MR) is 151 cm³/mol. The number of ether oxygens (including phenoxy) is 4. The van der Waals surface area contributed by atoms with Crippen molar-refractivity contribution in [2.24, 2.45) is 0 Å². The monoisotopic (exact) mass is 587 g/mol. The first kappa shape index (κ1) is 30.5. The lowest BCUT2D eigenvalue weighted by Gasteiger charge is -2.28. The molecule has 0 fully saturated rings. The van der Waals surface area contributed by atoms with Crippen molar-refractivity contribution in [3.05, 3.63) is 45.3 Å². The quantitative estimate of drug-likeness (QED) is 0.296. The van der Waals surface area contributed by atoms with E-state index >= 15 is 0 Å². The van der Waals surface area contributed by atoms with Crippen molar-refractivity contribution in [3.63, 3.8) is 0 Å². The second kappa shape index (κ2) is 11.8. The van der Waals surface area contributed by atoms with Crippen LogP contribution < -0.4 is 15.4 Å². The molecule has 1 aromatic heterocycles. The molecule has 41 heavy (non-hydrogen) atoms. The molecular formula is C29H37N3O8S. The molecule has 0 saturated heterocycles. The molecule has 3 heterocycles. The maximum Gasteiger partial charge on any atom is 0.397 e. The molecule has 0 spiro atoms. The number of fused-ring (bicyclic) bond motifs is 2. The number of methoxy groups -OCH3 is 1. The van der Waals surface area contributed by atoms with E-state index in [4.69, 9.17) is 18.9 Å². The van der Waals surface area contributed by atoms with Gasteiger partial charge in [0.25, 0.3) is 0 Å². The van der Waals surface area contributed by atoms with Gasteiger partial charge in [0, 0.05) is 30.6 Å². The summed E-state index contributed by atoms with van der Waals surface area (Å²) >= 11 is 1.17. The molecule has 11 nitrogen and oxygen atoms in total. The molecule has 0 radical (unpaired) electrons. The number of thiophene rings is 1. The first-order valence-corrected chi connectivity index (χ1v) is 14.2. The number of nitrogens with zero attached hydrogens (tertiary/aromatic N) is 1. The Morgan fingerprint density at radius 3 is 2.39 bits per heavy atom. The maximum absolute atomic E-state index is 13.7. The van der Waals surface area contributed by atoms with Gasteiger partial charge in [0.15, 0.2) is 6.79 Å². The summed E-state index contributed by atoms with van der Waals surface area (Å²) < 4.78 is 21.5. The fourth-order valence-electron chi connectivity index (χ4n) is 4.67. The van der Waals surface area contributed by atoms with Gasteiger partial charge in [-0.2, -0.15) is 0 Å². The zero-order valence-corrected chi connectivity index (χ0v) is 25.3. The fourth-order valence-corrected chi connectivity index (χ4v) is 5.84. The van der Waals surface area contributed by atoms with Crippen LogP contribution in [-0.4, -0.2) is 59.8 Å². The van der Waals surface area contributed by atoms with Crippen molar-refractivity contribution >= 4 is 40.1 Å². The summed E-state index contributed by atoms with van der Waals surface area (Å²) in [5.41, 5.74) is 1.04. The van der Waals surface area contributed by atoms with E-state index in [1.165, 1.54) is 11.3 Å². The Labute approximate surface area is 243 Å². The lowest BCUT2D eigenvalue weighted by Crippen LogP contribution is -2.47. The number of nitrogens with one attached hydrogen (secondary N) is 2. The lowest BCUT2D eigenvalue weighted by molar-refractivity contribution is -0.161. The Morgan fingerprint density at radius 2 is 1.73 bits per heavy atom. The van der Waals surface area contributed by atoms with Crippen molar-refractivity contribution in [1.82, 2.24) is 10.2 Å². The van der Waals surface area contributed by atoms with Crippen LogP contribution in [0, 0.1) is 0 Å². The van der Waals surface area contributed by atoms with Crippen molar-refractivity contribution in [1.29, 1.82) is 0 Å². The minimum atomic E-state index is -1.06. The van der Waals surface area contributed by atoms with Crippen molar-refractivity contribution in [2.75, 3.05) is 19.2 Å². The third-order valence-electron chi connectivity index (χ3n) is 6.30. The highest BCUT2D eigenvalue weighted by Crippen LogP contribution is 2.39. The molecule has 0 bridgehead atoms. The highest BCUT2D eigenvalue weighted by Gasteiger charge is 2.38. The second-order valence-corrected chi connectivity index (χ2v) is 13.0. The summed E-state index contributed by atoms with van der Waals surface area (Å²) in [5, 5.41) is 6.01. The minimum absolute atomic E-state index is 0.107. The SMILES string of the molecule is COCOc1cccc2c1CN(C(=O)C1Cc3c(sc(NC(=O)C(=O)OC(C)(C)C)c3C(=O)OC(C)(C)C)CN1)C2. The van der Waals surface area contributed by atoms with E-state index in [0.29, 0.717) is 30.9 Å². The lowest BCUT2D eigenvalue weighted by atomic mass is 9.97. The number of esters is 2. The average molecular weight is 588 g/mol. The molecule has 222 valence electrons. The topological polar surface area (TPSA) is 132 Å². The van der Waals surface area contributed by atoms with E-state index in [9.17, 15) is 19.2 Å². The van der Waals surface area contributed by atoms with Crippen LogP contribution >= 0.6 is 11.3 Å². The van der Waals surface area contributed by atoms with Crippen LogP contribution in [0.3, 0.4) is 0 Å². The molecule has 4 rings (SSSR count). The van der Waals surface area contributed by atoms with Crippen LogP contribution in [0.5, 0.6) is 5.75 Å². The van der Waals surface area contributed by atoms with Crippen LogP contribution in [-0.2, 0) is 54.6 Å². The number of amides is 2. The van der Waals surface area contributed by atoms with Gasteiger partial charge in [-0.25, -0.2) is 9.59 Å². The molecule has 1 unspecified atom stereocenters. The van der Waals surface area contributed by atoms with E-state index < -0.39 is 35.1 Å². The van der Waals surface area contributed by atoms with Gasteiger partial charge in [0.05, 0.1) is 18.2 Å². The standard InChI is InChI=1S/C29H37N3O8S/c1-28(2,3)39-26(35)22-17-11-19(25(34)32-13-16-9-8-10-20(18(16)14-32)38-15-37-7)30-12-21(17)41-24(22)31-23(33)27(36)40-29(4,5)6/h8-10,19,30H,11-15H2,1-7H3,(H,31,33). The van der Waals surface area contributed by atoms with E-state index in [1.54, 1.807) is 53.6 Å². The highest BCUT2D eigenvalue weighted by atomic mass is 32.1. The maximum atomic E-state index is 13.7. The Kier molecular flexibility index (Phi) is 8.76. The molecule has 2 aliphatic heterocycles. The van der Waals surface area contributed by atoms with Crippen LogP contribution in [0.15, 0.2) is 18.2 Å². The summed E-state index contributed by atoms with van der Waals surface area (Å²) in [6, 6.07) is 5.09. The van der Waals surface area contributed by atoms with E-state index in [1.807, 2.05) is 18.2 Å². The van der Waals surface area contributed by atoms with E-state index in [0.717, 1.165) is 16.0 Å². The van der Waals surface area contributed by atoms with Gasteiger partial charge in [-0.3, -0.25) is 9.59 Å². The normalized spacial score (nSPS) is 16.5. The largest absolute Gasteiger partial charge is 0.467 e. The van der Waals surface area contributed by atoms with Gasteiger partial charge in [-0.05, 0) is 65.2 Å². The zero-order valence-electron chi connectivity index (χ0n) is 24.5. The van der Waals surface area contributed by atoms with E-state index in [-0.39, 0.29) is 29.7 Å². The second-order valence-electron chi connectivity index (χ2n) is 11.9. The first-order valence-electron chi connectivity index (χ1n) is 13.3. The molecule has 2 N–H and O–H groups in total. The molecule has 0 aliphatic carbocycles. The van der Waals surface area contributed by atoms with Crippen LogP contribution in [0.1, 0.15) is 73.5 Å². The summed E-state index contributed by atoms with van der Waals surface area (Å²) in [4.78, 5) is 54.6. The van der Waals surface area contributed by atoms with Crippen molar-refractivity contribution < 1.29 is 38.1 Å². The van der Waals surface area contributed by atoms with Crippen LogP contribution in [0.4, 0.5) is 5.00 Å². The van der Waals surface area contributed by atoms with Gasteiger partial charge in [-0.1, -0.05) is 12.1 Å². The Morgan fingerprint density at radius 1 is 1.02 bits per heavy atom. The molecular weight excluding hydrogens is 550 g/mol. The van der Waals surface area contributed by atoms with Crippen molar-refractivity contribution in [3.8, 4) is 5.75 Å². The summed E-state index contributed by atoms with van der Waals surface area (Å²) in [5.74, 6) is -2.15. The number of hydrogen-bond donors (Lipinski definition) is 2. The van der Waals surface area contributed by atoms with E-state index in [2.05, 4.69) is 10.6 Å². The summed E-state index contributed by atoms with van der Waals surface area (Å²) in [6.45, 7) is 11.4. The molecule has 1 aromatic carbocycles. The van der Waals surface area contributed by atoms with Crippen molar-refractivity contribution in [2.45, 2.75) is 84.8 Å². The zero-order chi connectivity index (χ0) is 30.1. The van der Waals surface area contributed by atoms with Crippen LogP contribution in [0.25, 0.3) is 0 Å². The number of hydrogen-bond acceptors (Lipinski definition) is 10. The van der Waals surface area contributed by atoms with Gasteiger partial charge in [0.1, 0.15) is 22.0 Å². The fraction of sp³-hybridized carbons (Fsp3) is 0.517. The number of carbonyl (C=O) groups excluding carboxylic acids is 4. The Hall–Kier alpha value is -3.48. The number of rotatable bonds is 6. The molecule has 1 atom stereocenters. The number of carbonyl (C=O) groups is 4. The van der Waals surface area contributed by atoms with Gasteiger partial charge >= 0.3 is 17.8 Å². The smallest absolute Gasteiger partial charge is 0.397 e. The molecule has 0 saturated carbocycles. The molecule has 12 heteroatoms. The highest BCUT2D eigenvalue weighted by molar-refractivity contribution is 7.17. The summed E-state index contributed by atoms with van der Waals surface area (Å²) in [6.07, 6.45) is 0.210. The minimum Gasteiger partial charge on any atom is -0.467 e. The third kappa shape index (κ3) is 7.24.